The van der Waals surface area contributed by atoms with Crippen LogP contribution in [0.2, 0.25) is 0 Å². The van der Waals surface area contributed by atoms with Crippen molar-refractivity contribution in [2.45, 2.75) is 32.6 Å². The highest BCUT2D eigenvalue weighted by Gasteiger charge is 2.27. The number of nitrogens with one attached hydrogen (secondary N) is 1. The van der Waals surface area contributed by atoms with E-state index in [0.717, 1.165) is 12.1 Å². The van der Waals surface area contributed by atoms with Gasteiger partial charge in [-0.05, 0) is 39.4 Å². The van der Waals surface area contributed by atoms with Crippen LogP contribution in [0.25, 0.3) is 0 Å². The molecule has 114 valence electrons. The maximum absolute atomic E-state index is 13.8. The number of nitrogen functional groups attached to an aromatic ring is 1. The van der Waals surface area contributed by atoms with Gasteiger partial charge in [0.25, 0.3) is 0 Å². The number of hydrogen-bond acceptors (Lipinski definition) is 3. The summed E-state index contributed by atoms with van der Waals surface area (Å²) in [4.78, 5) is -0.433. The van der Waals surface area contributed by atoms with Gasteiger partial charge < -0.3 is 5.73 Å². The number of benzene rings is 1. The number of rotatable bonds is 5. The van der Waals surface area contributed by atoms with Crippen molar-refractivity contribution in [3.8, 4) is 0 Å². The molecule has 0 aliphatic rings. The molecule has 4 nitrogen and oxygen atoms in total. The first kappa shape index (κ1) is 17.4. The number of sulfonamides is 1. The Morgan fingerprint density at radius 1 is 1.40 bits per heavy atom. The van der Waals surface area contributed by atoms with Gasteiger partial charge in [0.05, 0.1) is 0 Å². The van der Waals surface area contributed by atoms with E-state index in [1.54, 1.807) is 0 Å². The smallest absolute Gasteiger partial charge is 0.243 e. The van der Waals surface area contributed by atoms with Gasteiger partial charge in [-0.2, -0.15) is 0 Å². The maximum Gasteiger partial charge on any atom is 0.243 e. The van der Waals surface area contributed by atoms with Crippen molar-refractivity contribution in [1.82, 2.24) is 4.72 Å². The summed E-state index contributed by atoms with van der Waals surface area (Å²) in [5.41, 5.74) is 5.55. The van der Waals surface area contributed by atoms with E-state index in [1.807, 2.05) is 27.7 Å². The molecule has 0 radical (unpaired) electrons. The highest BCUT2D eigenvalue weighted by Crippen LogP contribution is 2.28. The Morgan fingerprint density at radius 3 is 2.45 bits per heavy atom. The van der Waals surface area contributed by atoms with Crippen LogP contribution < -0.4 is 10.5 Å². The van der Waals surface area contributed by atoms with Gasteiger partial charge in [-0.1, -0.05) is 27.7 Å². The zero-order chi connectivity index (χ0) is 15.7. The van der Waals surface area contributed by atoms with Crippen molar-refractivity contribution in [2.75, 3.05) is 12.3 Å². The lowest BCUT2D eigenvalue weighted by molar-refractivity contribution is 0.252. The quantitative estimate of drug-likeness (QED) is 0.786. The van der Waals surface area contributed by atoms with Crippen LogP contribution in [0.1, 0.15) is 27.7 Å². The van der Waals surface area contributed by atoms with Crippen molar-refractivity contribution in [2.24, 2.45) is 11.3 Å². The molecule has 0 amide bonds. The molecule has 7 heteroatoms. The lowest BCUT2D eigenvalue weighted by Gasteiger charge is -2.29. The van der Waals surface area contributed by atoms with Crippen LogP contribution in [0.3, 0.4) is 0 Å². The molecule has 0 heterocycles. The summed E-state index contributed by atoms with van der Waals surface area (Å²) < 4.78 is 40.9. The Kier molecular flexibility index (Phi) is 5.21. The molecule has 0 fully saturated rings. The first-order valence-electron chi connectivity index (χ1n) is 6.21. The first-order chi connectivity index (χ1) is 8.97. The topological polar surface area (TPSA) is 72.2 Å². The van der Waals surface area contributed by atoms with Crippen LogP contribution in [0.4, 0.5) is 10.1 Å². The molecule has 0 aliphatic heterocycles. The monoisotopic (exact) mass is 366 g/mol. The average molecular weight is 367 g/mol. The molecule has 3 N–H and O–H groups in total. The van der Waals surface area contributed by atoms with Gasteiger partial charge in [0.2, 0.25) is 10.0 Å². The lowest BCUT2D eigenvalue weighted by Crippen LogP contribution is -2.37. The summed E-state index contributed by atoms with van der Waals surface area (Å²) >= 11 is 3.06. The summed E-state index contributed by atoms with van der Waals surface area (Å²) in [5, 5.41) is 0. The Morgan fingerprint density at radius 2 is 1.95 bits per heavy atom. The third kappa shape index (κ3) is 3.93. The molecular weight excluding hydrogens is 347 g/mol. The molecule has 1 rings (SSSR count). The zero-order valence-electron chi connectivity index (χ0n) is 12.0. The molecule has 0 unspecified atom stereocenters. The Labute approximate surface area is 128 Å². The third-order valence-electron chi connectivity index (χ3n) is 3.62. The lowest BCUT2D eigenvalue weighted by atomic mass is 9.81. The van der Waals surface area contributed by atoms with Crippen molar-refractivity contribution in [3.63, 3.8) is 0 Å². The summed E-state index contributed by atoms with van der Waals surface area (Å²) in [6, 6.07) is 2.17. The zero-order valence-corrected chi connectivity index (χ0v) is 14.4. The Bertz CT molecular complexity index is 601. The summed E-state index contributed by atoms with van der Waals surface area (Å²) in [6.45, 7) is 8.14. The predicted octanol–water partition coefficient (Wildman–Crippen LogP) is 3.13. The number of halogens is 2. The molecule has 1 aromatic rings. The van der Waals surface area contributed by atoms with E-state index < -0.39 is 20.7 Å². The standard InChI is InChI=1S/C13H20BrFN2O2S/c1-8(2)13(3,4)7-17-20(18,19)12-6-11(16)9(14)5-10(12)15/h5-6,8,17H,7,16H2,1-4H3. The summed E-state index contributed by atoms with van der Waals surface area (Å²) in [7, 11) is -3.92. The largest absolute Gasteiger partial charge is 0.398 e. The molecule has 0 atom stereocenters. The minimum absolute atomic E-state index is 0.176. The molecule has 0 bridgehead atoms. The highest BCUT2D eigenvalue weighted by molar-refractivity contribution is 9.10. The van der Waals surface area contributed by atoms with Crippen LogP contribution in [0, 0.1) is 17.2 Å². The number of anilines is 1. The second kappa shape index (κ2) is 5.99. The fourth-order valence-electron chi connectivity index (χ4n) is 1.31. The van der Waals surface area contributed by atoms with E-state index in [9.17, 15) is 12.8 Å². The molecular formula is C13H20BrFN2O2S. The van der Waals surface area contributed by atoms with Crippen molar-refractivity contribution in [1.29, 1.82) is 0 Å². The predicted molar refractivity (Wildman–Crippen MR) is 82.3 cm³/mol. The third-order valence-corrected chi connectivity index (χ3v) is 5.72. The molecule has 0 aromatic heterocycles. The van der Waals surface area contributed by atoms with Gasteiger partial charge in [0, 0.05) is 16.7 Å². The molecule has 20 heavy (non-hydrogen) atoms. The molecule has 0 aliphatic carbocycles. The van der Waals surface area contributed by atoms with Gasteiger partial charge >= 0.3 is 0 Å². The Hall–Kier alpha value is -0.660. The second-order valence-electron chi connectivity index (χ2n) is 5.77. The SMILES string of the molecule is CC(C)C(C)(C)CNS(=O)(=O)c1cc(N)c(Br)cc1F. The van der Waals surface area contributed by atoms with Crippen molar-refractivity contribution >= 4 is 31.6 Å². The maximum atomic E-state index is 13.8. The van der Waals surface area contributed by atoms with Gasteiger partial charge in [-0.15, -0.1) is 0 Å². The highest BCUT2D eigenvalue weighted by atomic mass is 79.9. The van der Waals surface area contributed by atoms with Crippen molar-refractivity contribution < 1.29 is 12.8 Å². The molecule has 0 saturated heterocycles. The van der Waals surface area contributed by atoms with Gasteiger partial charge in [-0.3, -0.25) is 0 Å². The minimum Gasteiger partial charge on any atom is -0.398 e. The minimum atomic E-state index is -3.92. The van der Waals surface area contributed by atoms with Crippen LogP contribution in [-0.2, 0) is 10.0 Å². The van der Waals surface area contributed by atoms with E-state index in [1.165, 1.54) is 0 Å². The first-order valence-corrected chi connectivity index (χ1v) is 8.49. The van der Waals surface area contributed by atoms with Crippen molar-refractivity contribution in [3.05, 3.63) is 22.4 Å². The number of nitrogens with two attached hydrogens (primary N) is 1. The number of hydrogen-bond donors (Lipinski definition) is 2. The average Bonchev–Trinajstić information content (AvgIpc) is 2.31. The normalized spacial score (nSPS) is 12.9. The van der Waals surface area contributed by atoms with E-state index >= 15 is 0 Å². The van der Waals surface area contributed by atoms with Crippen LogP contribution in [-0.4, -0.2) is 15.0 Å². The fourth-order valence-corrected chi connectivity index (χ4v) is 2.94. The van der Waals surface area contributed by atoms with E-state index in [-0.39, 0.29) is 23.6 Å². The molecule has 1 aromatic carbocycles. The molecule has 0 saturated carbocycles. The van der Waals surface area contributed by atoms with Crippen LogP contribution in [0.15, 0.2) is 21.5 Å². The second-order valence-corrected chi connectivity index (χ2v) is 8.36. The fraction of sp³-hybridized carbons (Fsp3) is 0.538. The van der Waals surface area contributed by atoms with Crippen LogP contribution >= 0.6 is 15.9 Å². The van der Waals surface area contributed by atoms with Gasteiger partial charge in [0.1, 0.15) is 10.7 Å². The van der Waals surface area contributed by atoms with Gasteiger partial charge in [-0.25, -0.2) is 17.5 Å². The Balaban J connectivity index is 3.04. The van der Waals surface area contributed by atoms with Gasteiger partial charge in [0.15, 0.2) is 0 Å². The van der Waals surface area contributed by atoms with E-state index in [2.05, 4.69) is 20.7 Å². The van der Waals surface area contributed by atoms with Crippen LogP contribution in [0.5, 0.6) is 0 Å². The van der Waals surface area contributed by atoms with E-state index in [0.29, 0.717) is 4.47 Å². The van der Waals surface area contributed by atoms with E-state index in [4.69, 9.17) is 5.73 Å². The molecule has 0 spiro atoms. The summed E-state index contributed by atoms with van der Waals surface area (Å²) in [6.07, 6.45) is 0. The summed E-state index contributed by atoms with van der Waals surface area (Å²) in [5.74, 6) is -0.550.